The molecule has 22 nitrogen and oxygen atoms in total. The fourth-order valence-corrected chi connectivity index (χ4v) is 11.7. The quantitative estimate of drug-likeness (QED) is 0.0472. The first kappa shape index (κ1) is 69.2. The van der Waals surface area contributed by atoms with E-state index in [2.05, 4.69) is 26.6 Å². The molecule has 83 heavy (non-hydrogen) atoms. The number of ether oxygens (including phenoxy) is 3. The Labute approximate surface area is 495 Å². The topological polar surface area (TPSA) is 299 Å². The number of nitrogens with one attached hydrogen (secondary N) is 5. The smallest absolute Gasteiger partial charge is 0.410 e. The van der Waals surface area contributed by atoms with E-state index in [1.165, 1.54) is 19.1 Å². The maximum Gasteiger partial charge on any atom is 0.410 e. The number of benzene rings is 2. The molecule has 4 rings (SSSR count). The fraction of sp³-hybridized carbons (Fsp3) is 0.650. The Kier molecular flexibility index (Phi) is 28.2. The summed E-state index contributed by atoms with van der Waals surface area (Å²) in [6, 6.07) is 10.7. The van der Waals surface area contributed by atoms with Gasteiger partial charge in [0.25, 0.3) is 0 Å². The highest BCUT2D eigenvalue weighted by Crippen LogP contribution is 2.30. The Morgan fingerprint density at radius 3 is 2.04 bits per heavy atom. The molecule has 0 aliphatic carbocycles. The van der Waals surface area contributed by atoms with Gasteiger partial charge in [-0.25, -0.2) is 9.59 Å². The van der Waals surface area contributed by atoms with E-state index in [1.54, 1.807) is 87.7 Å². The molecule has 0 saturated carbocycles. The van der Waals surface area contributed by atoms with Crippen LogP contribution in [0.25, 0.3) is 0 Å². The summed E-state index contributed by atoms with van der Waals surface area (Å²) in [5.74, 6) is -3.16. The highest BCUT2D eigenvalue weighted by molar-refractivity contribution is 8.14. The van der Waals surface area contributed by atoms with Crippen LogP contribution in [0, 0.1) is 29.6 Å². The van der Waals surface area contributed by atoms with Gasteiger partial charge in [-0.1, -0.05) is 111 Å². The maximum atomic E-state index is 14.8. The molecule has 462 valence electrons. The fourth-order valence-electron chi connectivity index (χ4n) is 10.8. The van der Waals surface area contributed by atoms with Gasteiger partial charge in [-0.05, 0) is 79.0 Å². The molecule has 0 aromatic heterocycles. The van der Waals surface area contributed by atoms with Crippen LogP contribution < -0.4 is 38.1 Å². The van der Waals surface area contributed by atoms with Crippen LogP contribution in [0.4, 0.5) is 15.3 Å². The van der Waals surface area contributed by atoms with Gasteiger partial charge in [-0.3, -0.25) is 38.7 Å². The predicted molar refractivity (Wildman–Crippen MR) is 323 cm³/mol. The normalized spacial score (nSPS) is 17.9. The van der Waals surface area contributed by atoms with Crippen LogP contribution in [-0.4, -0.2) is 176 Å². The zero-order chi connectivity index (χ0) is 61.7. The zero-order valence-corrected chi connectivity index (χ0v) is 51.9. The average molecular weight is 1180 g/mol. The van der Waals surface area contributed by atoms with E-state index in [0.717, 1.165) is 22.8 Å². The number of nitrogens with zero attached hydrogens (tertiary/aromatic N) is 4. The predicted octanol–water partition coefficient (Wildman–Crippen LogP) is 5.07. The highest BCUT2D eigenvalue weighted by atomic mass is 32.2. The number of likely N-dealkylation sites (N-methyl/N-ethyl adjacent to an activating group) is 2. The van der Waals surface area contributed by atoms with E-state index in [1.807, 2.05) is 65.0 Å². The monoisotopic (exact) mass is 1180 g/mol. The Hall–Kier alpha value is -6.30. The van der Waals surface area contributed by atoms with Crippen molar-refractivity contribution in [2.45, 2.75) is 168 Å². The molecule has 9 N–H and O–H groups in total. The van der Waals surface area contributed by atoms with E-state index < -0.39 is 84.1 Å². The van der Waals surface area contributed by atoms with Crippen molar-refractivity contribution in [2.24, 2.45) is 46.0 Å². The summed E-state index contributed by atoms with van der Waals surface area (Å²) >= 11 is 1.66. The summed E-state index contributed by atoms with van der Waals surface area (Å²) in [7, 11) is 6.22. The Bertz CT molecular complexity index is 2490. The van der Waals surface area contributed by atoms with E-state index >= 15 is 0 Å². The molecule has 1 saturated heterocycles. The number of methoxy groups -OCH3 is 2. The number of hydrogen-bond acceptors (Lipinski definition) is 14. The number of carbonyl (C=O) groups is 8. The van der Waals surface area contributed by atoms with Gasteiger partial charge in [0.1, 0.15) is 24.7 Å². The molecule has 1 fully saturated rings. The number of rotatable bonds is 32. The van der Waals surface area contributed by atoms with Gasteiger partial charge in [0.15, 0.2) is 0 Å². The minimum atomic E-state index is -1.04. The van der Waals surface area contributed by atoms with Gasteiger partial charge in [-0.15, -0.1) is 11.8 Å². The first-order valence-corrected chi connectivity index (χ1v) is 30.2. The Morgan fingerprint density at radius 2 is 1.47 bits per heavy atom. The van der Waals surface area contributed by atoms with Crippen LogP contribution in [0.15, 0.2) is 59.6 Å². The summed E-state index contributed by atoms with van der Waals surface area (Å²) in [6.07, 6.45) is 0.968. The number of carbonyl (C=O) groups excluding carboxylic acids is 8. The van der Waals surface area contributed by atoms with Crippen molar-refractivity contribution in [1.82, 2.24) is 36.0 Å². The zero-order valence-electron chi connectivity index (χ0n) is 51.1. The van der Waals surface area contributed by atoms with Crippen LogP contribution in [0.1, 0.15) is 112 Å². The molecule has 2 aromatic carbocycles. The molecule has 0 unspecified atom stereocenters. The van der Waals surface area contributed by atoms with Gasteiger partial charge in [-0.2, -0.15) is 0 Å². The molecule has 2 aliphatic rings. The van der Waals surface area contributed by atoms with Crippen LogP contribution in [0.3, 0.4) is 0 Å². The third-order valence-electron chi connectivity index (χ3n) is 15.8. The summed E-state index contributed by atoms with van der Waals surface area (Å²) in [4.78, 5) is 118. The molecular formula is C60H95N11O11S. The number of urea groups is 1. The van der Waals surface area contributed by atoms with Crippen LogP contribution in [0.2, 0.25) is 0 Å². The molecule has 0 spiro atoms. The molecule has 23 heteroatoms. The first-order chi connectivity index (χ1) is 39.3. The van der Waals surface area contributed by atoms with Gasteiger partial charge in [0.05, 0.1) is 53.8 Å². The van der Waals surface area contributed by atoms with Crippen molar-refractivity contribution in [2.75, 3.05) is 59.0 Å². The second-order valence-corrected chi connectivity index (χ2v) is 24.1. The summed E-state index contributed by atoms with van der Waals surface area (Å²) in [5, 5.41) is 15.1. The maximum absolute atomic E-state index is 14.8. The number of aliphatic imine (C=N–C) groups is 1. The number of amides is 9. The lowest BCUT2D eigenvalue weighted by molar-refractivity contribution is -0.148. The number of primary amides is 1. The van der Waals surface area contributed by atoms with Crippen LogP contribution in [-0.2, 0) is 56.0 Å². The van der Waals surface area contributed by atoms with Crippen LogP contribution >= 0.6 is 11.8 Å². The molecule has 2 heterocycles. The van der Waals surface area contributed by atoms with Crippen molar-refractivity contribution in [3.8, 4) is 0 Å². The largest absolute Gasteiger partial charge is 0.445 e. The third kappa shape index (κ3) is 20.2. The van der Waals surface area contributed by atoms with Gasteiger partial charge in [0, 0.05) is 59.4 Å². The lowest BCUT2D eigenvalue weighted by Crippen LogP contribution is -2.60. The van der Waals surface area contributed by atoms with Gasteiger partial charge in [0.2, 0.25) is 35.4 Å². The van der Waals surface area contributed by atoms with Crippen molar-refractivity contribution in [1.29, 1.82) is 0 Å². The second-order valence-electron chi connectivity index (χ2n) is 22.9. The van der Waals surface area contributed by atoms with E-state index in [0.29, 0.717) is 50.0 Å². The first-order valence-electron chi connectivity index (χ1n) is 29.2. The summed E-state index contributed by atoms with van der Waals surface area (Å²) in [5.41, 5.74) is 13.3. The second kappa shape index (κ2) is 33.9. The van der Waals surface area contributed by atoms with Crippen molar-refractivity contribution in [3.63, 3.8) is 0 Å². The lowest BCUT2D eigenvalue weighted by Gasteiger charge is -2.41. The average Bonchev–Trinajstić information content (AvgIpc) is 4.39. The lowest BCUT2D eigenvalue weighted by atomic mass is 9.89. The van der Waals surface area contributed by atoms with Gasteiger partial charge >= 0.3 is 12.1 Å². The molecule has 9 amide bonds. The highest BCUT2D eigenvalue weighted by Gasteiger charge is 2.44. The van der Waals surface area contributed by atoms with E-state index in [4.69, 9.17) is 30.7 Å². The third-order valence-corrected chi connectivity index (χ3v) is 16.9. The number of anilines is 1. The molecule has 11 atom stereocenters. The SMILES string of the molecule is CC[C@H](C)[C@@H]([C@@H](CC(=O)N1CCC[C@H]1[C@H](OC)[C@@H](C)C(=O)N[C@@H](Cc1ccccc1)C1=NCCS1)OC)N(C)C(=O)[C@@H](NC(=O)[C@H](C(C)C)N(C)C(=O)OCc1ccc(NC(=O)[C@H](CCCNC(N)=O)NC(=O)[C@@H](N)C(C)C)cc1)C(C)C. The van der Waals surface area contributed by atoms with Crippen molar-refractivity contribution < 1.29 is 52.6 Å². The van der Waals surface area contributed by atoms with Crippen molar-refractivity contribution in [3.05, 3.63) is 65.7 Å². The van der Waals surface area contributed by atoms with E-state index in [9.17, 15) is 38.4 Å². The van der Waals surface area contributed by atoms with Crippen molar-refractivity contribution >= 4 is 70.1 Å². The van der Waals surface area contributed by atoms with E-state index in [-0.39, 0.29) is 73.6 Å². The molecule has 2 aliphatic heterocycles. The number of hydrogen-bond donors (Lipinski definition) is 7. The summed E-state index contributed by atoms with van der Waals surface area (Å²) < 4.78 is 17.9. The van der Waals surface area contributed by atoms with Gasteiger partial charge < -0.3 is 62.1 Å². The molecule has 2 aromatic rings. The summed E-state index contributed by atoms with van der Waals surface area (Å²) in [6.45, 7) is 17.8. The number of thioether (sulfide) groups is 1. The number of likely N-dealkylation sites (tertiary alicyclic amines) is 1. The standard InChI is InChI=1S/C60H95N11O11S/c1-14-38(8)51(46(80-12)33-47(72)71-30-19-23-45(71)52(81-13)39(9)53(73)67-44(57-63-29-31-83-57)32-40-20-16-15-17-21-40)69(10)58(77)49(36(4)5)68-56(76)50(37(6)7)70(11)60(79)82-34-41-24-26-42(27-25-41)65-54(74)43(22-18-28-64-59(62)78)66-55(75)48(61)35(2)3/h15-17,20-21,24-27,35-39,43-46,48-52H,14,18-19,22-23,28-34,61H2,1-13H3,(H,65,74)(H,66,75)(H,67,73)(H,68,76)(H3,62,64,78)/t38-,39+,43-,44-,45-,46+,48-,49-,50-,51-,52+/m0/s1. The Morgan fingerprint density at radius 1 is 0.795 bits per heavy atom. The molecular weight excluding hydrogens is 1080 g/mol. The molecule has 0 radical (unpaired) electrons. The molecule has 0 bridgehead atoms. The minimum absolute atomic E-state index is 0.0510. The minimum Gasteiger partial charge on any atom is -0.445 e. The number of nitrogens with two attached hydrogens (primary N) is 2. The Balaban J connectivity index is 1.41. The van der Waals surface area contributed by atoms with Crippen LogP contribution in [0.5, 0.6) is 0 Å².